The van der Waals surface area contributed by atoms with E-state index in [9.17, 15) is 0 Å². The molecule has 0 radical (unpaired) electrons. The molecule has 96 valence electrons. The molecule has 1 saturated carbocycles. The van der Waals surface area contributed by atoms with Gasteiger partial charge < -0.3 is 10.3 Å². The van der Waals surface area contributed by atoms with Gasteiger partial charge in [0.1, 0.15) is 6.33 Å². The molecule has 2 aromatic heterocycles. The Morgan fingerprint density at radius 3 is 2.83 bits per heavy atom. The van der Waals surface area contributed by atoms with Gasteiger partial charge in [-0.05, 0) is 34.7 Å². The molecule has 2 aromatic rings. The monoisotopic (exact) mass is 309 g/mol. The Kier molecular flexibility index (Phi) is 3.20. The van der Waals surface area contributed by atoms with Crippen LogP contribution in [0.2, 0.25) is 0 Å². The molecule has 2 N–H and O–H groups in total. The summed E-state index contributed by atoms with van der Waals surface area (Å²) >= 11 is 3.50. The van der Waals surface area contributed by atoms with E-state index in [4.69, 9.17) is 5.73 Å². The van der Waals surface area contributed by atoms with Gasteiger partial charge in [-0.25, -0.2) is 15.0 Å². The van der Waals surface area contributed by atoms with Crippen molar-refractivity contribution in [2.75, 3.05) is 5.73 Å². The van der Waals surface area contributed by atoms with Crippen molar-refractivity contribution in [2.45, 2.75) is 38.6 Å². The number of halogens is 1. The highest BCUT2D eigenvalue weighted by Crippen LogP contribution is 2.28. The van der Waals surface area contributed by atoms with Gasteiger partial charge >= 0.3 is 0 Å². The molecule has 0 amide bonds. The maximum absolute atomic E-state index is 5.82. The van der Waals surface area contributed by atoms with Crippen molar-refractivity contribution in [3.63, 3.8) is 0 Å². The second kappa shape index (κ2) is 4.84. The van der Waals surface area contributed by atoms with Crippen molar-refractivity contribution in [3.8, 4) is 0 Å². The highest BCUT2D eigenvalue weighted by Gasteiger charge is 2.18. The van der Waals surface area contributed by atoms with Crippen molar-refractivity contribution in [2.24, 2.45) is 5.92 Å². The average molecular weight is 310 g/mol. The summed E-state index contributed by atoms with van der Waals surface area (Å²) in [7, 11) is 0. The number of nitrogens with two attached hydrogens (primary N) is 1. The maximum atomic E-state index is 5.82. The molecule has 5 nitrogen and oxygen atoms in total. The molecule has 0 saturated heterocycles. The molecular formula is C12H16BrN5. The number of nitrogen functional groups attached to an aromatic ring is 1. The van der Waals surface area contributed by atoms with Gasteiger partial charge in [0.2, 0.25) is 0 Å². The fourth-order valence-corrected chi connectivity index (χ4v) is 3.21. The topological polar surface area (TPSA) is 69.6 Å². The summed E-state index contributed by atoms with van der Waals surface area (Å²) in [6.07, 6.45) is 8.15. The smallest absolute Gasteiger partial charge is 0.179 e. The number of anilines is 1. The molecule has 2 heterocycles. The van der Waals surface area contributed by atoms with Crippen LogP contribution < -0.4 is 5.73 Å². The SMILES string of the molecule is Nc1ncnc2c1nc(Br)n2CC1CCCCC1. The zero-order chi connectivity index (χ0) is 12.5. The fourth-order valence-electron chi connectivity index (χ4n) is 2.72. The summed E-state index contributed by atoms with van der Waals surface area (Å²) in [6.45, 7) is 0.966. The second-order valence-electron chi connectivity index (χ2n) is 4.93. The highest BCUT2D eigenvalue weighted by molar-refractivity contribution is 9.10. The quantitative estimate of drug-likeness (QED) is 0.866. The van der Waals surface area contributed by atoms with Gasteiger partial charge in [-0.3, -0.25) is 0 Å². The molecule has 1 aliphatic carbocycles. The number of hydrogen-bond donors (Lipinski definition) is 1. The van der Waals surface area contributed by atoms with E-state index in [0.717, 1.165) is 22.8 Å². The van der Waals surface area contributed by atoms with Gasteiger partial charge in [-0.2, -0.15) is 0 Å². The van der Waals surface area contributed by atoms with Crippen LogP contribution in [0.3, 0.4) is 0 Å². The minimum atomic E-state index is 0.447. The van der Waals surface area contributed by atoms with Crippen molar-refractivity contribution < 1.29 is 0 Å². The van der Waals surface area contributed by atoms with E-state index in [1.54, 1.807) is 0 Å². The molecule has 1 aliphatic rings. The third-order valence-electron chi connectivity index (χ3n) is 3.68. The molecule has 0 aliphatic heterocycles. The lowest BCUT2D eigenvalue weighted by atomic mass is 9.89. The van der Waals surface area contributed by atoms with Crippen LogP contribution in [-0.2, 0) is 6.54 Å². The fraction of sp³-hybridized carbons (Fsp3) is 0.583. The first-order valence-electron chi connectivity index (χ1n) is 6.38. The third-order valence-corrected chi connectivity index (χ3v) is 4.28. The van der Waals surface area contributed by atoms with Crippen LogP contribution in [-0.4, -0.2) is 19.5 Å². The molecule has 6 heteroatoms. The van der Waals surface area contributed by atoms with E-state index in [1.165, 1.54) is 38.4 Å². The second-order valence-corrected chi connectivity index (χ2v) is 5.64. The van der Waals surface area contributed by atoms with Gasteiger partial charge in [-0.15, -0.1) is 0 Å². The van der Waals surface area contributed by atoms with Gasteiger partial charge in [-0.1, -0.05) is 19.3 Å². The zero-order valence-corrected chi connectivity index (χ0v) is 11.7. The minimum Gasteiger partial charge on any atom is -0.382 e. The minimum absolute atomic E-state index is 0.447. The van der Waals surface area contributed by atoms with Crippen LogP contribution in [0.4, 0.5) is 5.82 Å². The molecule has 0 bridgehead atoms. The Bertz CT molecular complexity index is 559. The predicted molar refractivity (Wildman–Crippen MR) is 74.0 cm³/mol. The molecule has 0 spiro atoms. The first-order valence-corrected chi connectivity index (χ1v) is 7.17. The lowest BCUT2D eigenvalue weighted by Gasteiger charge is -2.22. The number of nitrogens with zero attached hydrogens (tertiary/aromatic N) is 4. The van der Waals surface area contributed by atoms with Crippen molar-refractivity contribution in [1.82, 2.24) is 19.5 Å². The maximum Gasteiger partial charge on any atom is 0.179 e. The van der Waals surface area contributed by atoms with Gasteiger partial charge in [0, 0.05) is 6.54 Å². The molecule has 0 unspecified atom stereocenters. The molecule has 3 rings (SSSR count). The average Bonchev–Trinajstić information content (AvgIpc) is 2.70. The van der Waals surface area contributed by atoms with Crippen LogP contribution >= 0.6 is 15.9 Å². The Morgan fingerprint density at radius 1 is 1.28 bits per heavy atom. The van der Waals surface area contributed by atoms with Crippen LogP contribution in [0.25, 0.3) is 11.2 Å². The van der Waals surface area contributed by atoms with Gasteiger partial charge in [0.05, 0.1) is 0 Å². The van der Waals surface area contributed by atoms with E-state index >= 15 is 0 Å². The van der Waals surface area contributed by atoms with E-state index in [1.807, 2.05) is 0 Å². The Labute approximate surface area is 114 Å². The zero-order valence-electron chi connectivity index (χ0n) is 10.1. The van der Waals surface area contributed by atoms with E-state index < -0.39 is 0 Å². The Balaban J connectivity index is 1.95. The standard InChI is InChI=1S/C12H16BrN5/c13-12-17-9-10(14)15-7-16-11(9)18(12)6-8-4-2-1-3-5-8/h7-8H,1-6H2,(H2,14,15,16). The summed E-state index contributed by atoms with van der Waals surface area (Å²) in [5.74, 6) is 1.17. The summed E-state index contributed by atoms with van der Waals surface area (Å²) in [5, 5.41) is 0. The summed E-state index contributed by atoms with van der Waals surface area (Å²) in [5.41, 5.74) is 7.35. The van der Waals surface area contributed by atoms with Crippen molar-refractivity contribution in [1.29, 1.82) is 0 Å². The largest absolute Gasteiger partial charge is 0.382 e. The lowest BCUT2D eigenvalue weighted by molar-refractivity contribution is 0.320. The molecule has 0 aromatic carbocycles. The van der Waals surface area contributed by atoms with Crippen LogP contribution in [0.1, 0.15) is 32.1 Å². The lowest BCUT2D eigenvalue weighted by Crippen LogP contribution is -2.14. The van der Waals surface area contributed by atoms with E-state index in [0.29, 0.717) is 11.3 Å². The van der Waals surface area contributed by atoms with Crippen molar-refractivity contribution >= 4 is 32.9 Å². The number of aromatic nitrogens is 4. The first-order chi connectivity index (χ1) is 8.75. The Morgan fingerprint density at radius 2 is 2.06 bits per heavy atom. The number of rotatable bonds is 2. The van der Waals surface area contributed by atoms with Gasteiger partial charge in [0.15, 0.2) is 21.7 Å². The number of hydrogen-bond acceptors (Lipinski definition) is 4. The summed E-state index contributed by atoms with van der Waals surface area (Å²) in [4.78, 5) is 12.7. The number of fused-ring (bicyclic) bond motifs is 1. The normalized spacial score (nSPS) is 17.4. The number of imidazole rings is 1. The Hall–Kier alpha value is -1.17. The molecule has 18 heavy (non-hydrogen) atoms. The van der Waals surface area contributed by atoms with Crippen molar-refractivity contribution in [3.05, 3.63) is 11.1 Å². The first kappa shape index (κ1) is 11.9. The molecular weight excluding hydrogens is 294 g/mol. The van der Waals surface area contributed by atoms with E-state index in [2.05, 4.69) is 35.4 Å². The van der Waals surface area contributed by atoms with Crippen LogP contribution in [0.15, 0.2) is 11.1 Å². The highest BCUT2D eigenvalue weighted by atomic mass is 79.9. The third kappa shape index (κ3) is 2.09. The van der Waals surface area contributed by atoms with Crippen LogP contribution in [0.5, 0.6) is 0 Å². The summed E-state index contributed by atoms with van der Waals surface area (Å²) in [6, 6.07) is 0. The van der Waals surface area contributed by atoms with Gasteiger partial charge in [0.25, 0.3) is 0 Å². The van der Waals surface area contributed by atoms with E-state index in [-0.39, 0.29) is 0 Å². The van der Waals surface area contributed by atoms with Crippen LogP contribution in [0, 0.1) is 5.92 Å². The predicted octanol–water partition coefficient (Wildman–Crippen LogP) is 2.75. The molecule has 1 fully saturated rings. The molecule has 0 atom stereocenters. The summed E-state index contributed by atoms with van der Waals surface area (Å²) < 4.78 is 2.92.